The summed E-state index contributed by atoms with van der Waals surface area (Å²) < 4.78 is 11.3. The molecule has 0 spiro atoms. The zero-order valence-corrected chi connectivity index (χ0v) is 21.1. The molecule has 6 nitrogen and oxygen atoms in total. The molecule has 0 aliphatic carbocycles. The van der Waals surface area contributed by atoms with Gasteiger partial charge in [-0.15, -0.1) is 0 Å². The Hall–Kier alpha value is -4.03. The molecule has 1 aliphatic rings. The molecule has 3 aromatic carbocycles. The van der Waals surface area contributed by atoms with E-state index in [4.69, 9.17) is 16.3 Å². The van der Waals surface area contributed by atoms with E-state index in [2.05, 4.69) is 6.07 Å². The third-order valence-corrected chi connectivity index (χ3v) is 7.17. The molecule has 0 amide bonds. The molecule has 7 heteroatoms. The van der Waals surface area contributed by atoms with E-state index in [0.717, 1.165) is 38.2 Å². The third kappa shape index (κ3) is 3.18. The first-order chi connectivity index (χ1) is 17.3. The summed E-state index contributed by atoms with van der Waals surface area (Å²) in [4.78, 5) is 26.9. The number of hydrogen-bond donors (Lipinski definition) is 0. The molecule has 0 radical (unpaired) electrons. The monoisotopic (exact) mass is 497 g/mol. The largest absolute Gasteiger partial charge is 0.477 e. The van der Waals surface area contributed by atoms with E-state index in [1.165, 1.54) is 7.05 Å². The molecule has 0 saturated carbocycles. The molecule has 5 aromatic rings. The first kappa shape index (κ1) is 22.4. The van der Waals surface area contributed by atoms with Crippen molar-refractivity contribution in [1.29, 1.82) is 0 Å². The van der Waals surface area contributed by atoms with Crippen LogP contribution in [0.15, 0.2) is 76.3 Å². The fourth-order valence-electron chi connectivity index (χ4n) is 5.18. The number of nitrogens with zero attached hydrogens (tertiary/aromatic N) is 3. The minimum absolute atomic E-state index is 0.350. The molecule has 2 aromatic heterocycles. The highest BCUT2D eigenvalue weighted by atomic mass is 35.5. The number of benzene rings is 3. The summed E-state index contributed by atoms with van der Waals surface area (Å²) in [5, 5.41) is 1.01. The van der Waals surface area contributed by atoms with Gasteiger partial charge in [0.15, 0.2) is 6.10 Å². The zero-order valence-electron chi connectivity index (χ0n) is 20.4. The van der Waals surface area contributed by atoms with Crippen molar-refractivity contribution < 1.29 is 4.74 Å². The lowest BCUT2D eigenvalue weighted by atomic mass is 10.0. The van der Waals surface area contributed by atoms with Gasteiger partial charge in [-0.3, -0.25) is 13.9 Å². The van der Waals surface area contributed by atoms with Gasteiger partial charge in [0.05, 0.1) is 28.0 Å². The molecule has 1 atom stereocenters. The van der Waals surface area contributed by atoms with Crippen molar-refractivity contribution in [3.63, 3.8) is 0 Å². The van der Waals surface area contributed by atoms with Crippen molar-refractivity contribution in [3.8, 4) is 22.7 Å². The van der Waals surface area contributed by atoms with E-state index < -0.39 is 11.8 Å². The molecule has 180 valence electrons. The zero-order chi connectivity index (χ0) is 25.3. The first-order valence-corrected chi connectivity index (χ1v) is 12.1. The molecule has 0 saturated heterocycles. The second-order valence-electron chi connectivity index (χ2n) is 9.39. The highest BCUT2D eigenvalue weighted by molar-refractivity contribution is 6.30. The highest BCUT2D eigenvalue weighted by Crippen LogP contribution is 2.47. The molecule has 0 N–H and O–H groups in total. The summed E-state index contributed by atoms with van der Waals surface area (Å²) in [6.45, 7) is 4.05. The molecule has 1 aliphatic heterocycles. The number of hydrogen-bond acceptors (Lipinski definition) is 3. The van der Waals surface area contributed by atoms with Crippen LogP contribution in [-0.4, -0.2) is 13.7 Å². The van der Waals surface area contributed by atoms with Crippen molar-refractivity contribution in [2.75, 3.05) is 0 Å². The minimum atomic E-state index is -0.544. The van der Waals surface area contributed by atoms with Crippen LogP contribution in [0.2, 0.25) is 5.02 Å². The van der Waals surface area contributed by atoms with Gasteiger partial charge in [0.2, 0.25) is 0 Å². The normalized spacial score (nSPS) is 14.4. The Morgan fingerprint density at radius 2 is 1.61 bits per heavy atom. The van der Waals surface area contributed by atoms with E-state index in [9.17, 15) is 9.59 Å². The van der Waals surface area contributed by atoms with Crippen LogP contribution in [0.3, 0.4) is 0 Å². The number of aryl methyl sites for hydroxylation is 3. The quantitative estimate of drug-likeness (QED) is 0.326. The number of halogens is 1. The predicted molar refractivity (Wildman–Crippen MR) is 143 cm³/mol. The Labute approximate surface area is 212 Å². The summed E-state index contributed by atoms with van der Waals surface area (Å²) in [6.07, 6.45) is -0.544. The van der Waals surface area contributed by atoms with E-state index >= 15 is 0 Å². The predicted octanol–water partition coefficient (Wildman–Crippen LogP) is 5.45. The van der Waals surface area contributed by atoms with Gasteiger partial charge in [0.25, 0.3) is 5.56 Å². The average molecular weight is 498 g/mol. The lowest BCUT2D eigenvalue weighted by Gasteiger charge is -2.30. The summed E-state index contributed by atoms with van der Waals surface area (Å²) in [6, 6.07) is 21.6. The van der Waals surface area contributed by atoms with Gasteiger partial charge >= 0.3 is 5.69 Å². The van der Waals surface area contributed by atoms with Crippen LogP contribution in [0.25, 0.3) is 27.8 Å². The summed E-state index contributed by atoms with van der Waals surface area (Å²) >= 11 is 6.46. The maximum atomic E-state index is 13.7. The van der Waals surface area contributed by atoms with Crippen LogP contribution in [-0.2, 0) is 14.1 Å². The molecule has 6 rings (SSSR count). The standard InChI is InChI=1S/C29H24ClN3O3/c1-16-8-10-18(11-9-16)24-23-25(31(3)29(35)32(4)28(23)34)26-27(19-7-5-6-17(2)14-19)36-22-13-12-20(30)15-21(22)33(24)26/h5-15,27H,1-4H3. The molecular weight excluding hydrogens is 474 g/mol. The van der Waals surface area contributed by atoms with Gasteiger partial charge < -0.3 is 9.30 Å². The Balaban J connectivity index is 1.87. The average Bonchev–Trinajstić information content (AvgIpc) is 3.23. The first-order valence-electron chi connectivity index (χ1n) is 11.7. The van der Waals surface area contributed by atoms with Crippen LogP contribution in [0, 0.1) is 13.8 Å². The van der Waals surface area contributed by atoms with Crippen LogP contribution >= 0.6 is 11.6 Å². The molecule has 0 bridgehead atoms. The van der Waals surface area contributed by atoms with Crippen molar-refractivity contribution >= 4 is 22.5 Å². The van der Waals surface area contributed by atoms with Gasteiger partial charge in [-0.25, -0.2) is 4.79 Å². The molecule has 36 heavy (non-hydrogen) atoms. The van der Waals surface area contributed by atoms with Crippen molar-refractivity contribution in [2.24, 2.45) is 14.1 Å². The molecule has 1 unspecified atom stereocenters. The van der Waals surface area contributed by atoms with Gasteiger partial charge in [-0.1, -0.05) is 71.3 Å². The number of aromatic nitrogens is 3. The summed E-state index contributed by atoms with van der Waals surface area (Å²) in [5.74, 6) is 0.647. The Bertz CT molecular complexity index is 1810. The van der Waals surface area contributed by atoms with E-state index in [1.54, 1.807) is 17.7 Å². The van der Waals surface area contributed by atoms with Gasteiger partial charge in [-0.05, 0) is 43.2 Å². The SMILES string of the molecule is Cc1ccc(-c2c3c(=O)n(C)c(=O)n(C)c3c3n2-c2cc(Cl)ccc2OC3c2cccc(C)c2)cc1. The molecule has 3 heterocycles. The molecule has 0 fully saturated rings. The topological polar surface area (TPSA) is 58.2 Å². The second kappa shape index (κ2) is 8.00. The molecular formula is C29H24ClN3O3. The maximum absolute atomic E-state index is 13.7. The van der Waals surface area contributed by atoms with Crippen LogP contribution in [0.1, 0.15) is 28.5 Å². The van der Waals surface area contributed by atoms with Crippen LogP contribution < -0.4 is 16.0 Å². The van der Waals surface area contributed by atoms with Gasteiger partial charge in [0.1, 0.15) is 5.75 Å². The lowest BCUT2D eigenvalue weighted by molar-refractivity contribution is 0.229. The highest BCUT2D eigenvalue weighted by Gasteiger charge is 2.36. The van der Waals surface area contributed by atoms with E-state index in [0.29, 0.717) is 27.4 Å². The van der Waals surface area contributed by atoms with Crippen molar-refractivity contribution in [2.45, 2.75) is 20.0 Å². The van der Waals surface area contributed by atoms with E-state index in [-0.39, 0.29) is 5.56 Å². The van der Waals surface area contributed by atoms with Crippen LogP contribution in [0.5, 0.6) is 5.75 Å². The number of rotatable bonds is 2. The minimum Gasteiger partial charge on any atom is -0.477 e. The van der Waals surface area contributed by atoms with E-state index in [1.807, 2.05) is 73.0 Å². The lowest BCUT2D eigenvalue weighted by Crippen LogP contribution is -2.37. The van der Waals surface area contributed by atoms with Gasteiger partial charge in [0, 0.05) is 19.1 Å². The summed E-state index contributed by atoms with van der Waals surface area (Å²) in [7, 11) is 3.21. The van der Waals surface area contributed by atoms with Crippen LogP contribution in [0.4, 0.5) is 0 Å². The number of ether oxygens (including phenoxy) is 1. The third-order valence-electron chi connectivity index (χ3n) is 6.93. The van der Waals surface area contributed by atoms with Crippen molar-refractivity contribution in [3.05, 3.63) is 115 Å². The fourth-order valence-corrected chi connectivity index (χ4v) is 5.35. The fraction of sp³-hybridized carbons (Fsp3) is 0.172. The Morgan fingerprint density at radius 3 is 2.33 bits per heavy atom. The Kier molecular flexibility index (Phi) is 4.99. The number of fused-ring (bicyclic) bond motifs is 5. The van der Waals surface area contributed by atoms with Crippen molar-refractivity contribution in [1.82, 2.24) is 13.7 Å². The maximum Gasteiger partial charge on any atom is 0.331 e. The van der Waals surface area contributed by atoms with Gasteiger partial charge in [-0.2, -0.15) is 0 Å². The summed E-state index contributed by atoms with van der Waals surface area (Å²) in [5.41, 5.74) is 5.95. The smallest absolute Gasteiger partial charge is 0.331 e. The Morgan fingerprint density at radius 1 is 0.861 bits per heavy atom. The second-order valence-corrected chi connectivity index (χ2v) is 9.83.